The van der Waals surface area contributed by atoms with Gasteiger partial charge in [-0.05, 0) is 59.3 Å². The van der Waals surface area contributed by atoms with Crippen molar-refractivity contribution in [2.24, 2.45) is 17.2 Å². The van der Waals surface area contributed by atoms with Crippen LogP contribution in [-0.4, -0.2) is 194 Å². The molecule has 1 aliphatic heterocycles. The Hall–Kier alpha value is -7.09. The first kappa shape index (κ1) is 80.9. The lowest BCUT2D eigenvalue weighted by molar-refractivity contribution is -0.139. The zero-order valence-corrected chi connectivity index (χ0v) is 53.1. The van der Waals surface area contributed by atoms with Gasteiger partial charge in [0, 0.05) is 19.4 Å². The fraction of sp³-hybridized carbons (Fsp3) is 0.780. The molecule has 90 heavy (non-hydrogen) atoms. The monoisotopic (exact) mass is 1280 g/mol. The second-order valence-electron chi connectivity index (χ2n) is 23.4. The summed E-state index contributed by atoms with van der Waals surface area (Å²) in [4.78, 5) is 174. The van der Waals surface area contributed by atoms with Crippen molar-refractivity contribution in [3.8, 4) is 0 Å². The number of nitrogens with two attached hydrogens (primary N) is 3. The zero-order valence-electron chi connectivity index (χ0n) is 53.1. The lowest BCUT2D eigenvalue weighted by Crippen LogP contribution is -2.63. The van der Waals surface area contributed by atoms with Crippen molar-refractivity contribution >= 4 is 76.8 Å². The third kappa shape index (κ3) is 34.8. The van der Waals surface area contributed by atoms with Gasteiger partial charge in [0.2, 0.25) is 76.8 Å². The van der Waals surface area contributed by atoms with E-state index < -0.39 is 188 Å². The lowest BCUT2D eigenvalue weighted by Gasteiger charge is -2.29. The van der Waals surface area contributed by atoms with Gasteiger partial charge in [0.25, 0.3) is 0 Å². The predicted molar refractivity (Wildman–Crippen MR) is 327 cm³/mol. The maximum absolute atomic E-state index is 14.1. The average molecular weight is 1280 g/mol. The van der Waals surface area contributed by atoms with Crippen LogP contribution in [-0.2, 0) is 62.3 Å². The van der Waals surface area contributed by atoms with E-state index in [9.17, 15) is 87.9 Å². The van der Waals surface area contributed by atoms with Crippen molar-refractivity contribution < 1.29 is 87.9 Å². The summed E-state index contributed by atoms with van der Waals surface area (Å²) in [6.45, 7) is 6.31. The highest BCUT2D eigenvalue weighted by Crippen LogP contribution is 2.17. The van der Waals surface area contributed by atoms with E-state index in [0.717, 1.165) is 97.8 Å². The minimum absolute atomic E-state index is 0.0169. The van der Waals surface area contributed by atoms with Crippen LogP contribution in [0.1, 0.15) is 202 Å². The van der Waals surface area contributed by atoms with E-state index >= 15 is 0 Å². The van der Waals surface area contributed by atoms with Crippen LogP contribution in [0.2, 0.25) is 0 Å². The van der Waals surface area contributed by atoms with Crippen molar-refractivity contribution in [3.05, 3.63) is 0 Å². The van der Waals surface area contributed by atoms with Crippen LogP contribution >= 0.6 is 0 Å². The quantitative estimate of drug-likeness (QED) is 0.0285. The number of unbranched alkanes of at least 4 members (excludes halogenated alkanes) is 13. The molecule has 514 valence electrons. The molecule has 0 aromatic heterocycles. The molecule has 0 aliphatic carbocycles. The van der Waals surface area contributed by atoms with E-state index in [2.05, 4.69) is 67.0 Å². The zero-order chi connectivity index (χ0) is 67.9. The Morgan fingerprint density at radius 3 is 1.33 bits per heavy atom. The molecule has 0 radical (unpaired) electrons. The summed E-state index contributed by atoms with van der Waals surface area (Å²) in [5, 5.41) is 76.5. The molecule has 0 saturated carbocycles. The van der Waals surface area contributed by atoms with E-state index in [0.29, 0.717) is 44.9 Å². The van der Waals surface area contributed by atoms with Gasteiger partial charge in [-0.3, -0.25) is 62.3 Å². The molecule has 21 N–H and O–H groups in total. The summed E-state index contributed by atoms with van der Waals surface area (Å²) < 4.78 is 0. The molecule has 0 aromatic rings. The minimum Gasteiger partial charge on any atom is -0.393 e. The van der Waals surface area contributed by atoms with E-state index in [-0.39, 0.29) is 25.8 Å². The SMILES string of the molecule is CCCCCCCCCC(O)CCC1NC(=O)[C@H]([C@@H](C)O)NC(=O)[C@@H]([C@@H](C)O)NC(=O)C(CC(O)C(N)=O)NC(=O)[C@@H](C)NC(=O)[C@H](CC(N)=O)NC(=O)[C@@H](CC(N)=O)NC(=O)C(CCCCCCCC(O)CCCCCC)NC(=O)CCNC(=O)CNC1=O. The van der Waals surface area contributed by atoms with Crippen LogP contribution in [0.25, 0.3) is 0 Å². The smallest absolute Gasteiger partial charge is 0.246 e. The van der Waals surface area contributed by atoms with Gasteiger partial charge in [-0.1, -0.05) is 117 Å². The number of nitrogens with one attached hydrogen (secondary N) is 10. The number of carbonyl (C=O) groups is 13. The maximum Gasteiger partial charge on any atom is 0.246 e. The van der Waals surface area contributed by atoms with E-state index in [1.165, 1.54) is 0 Å². The highest BCUT2D eigenvalue weighted by molar-refractivity contribution is 6.00. The van der Waals surface area contributed by atoms with Gasteiger partial charge in [0.1, 0.15) is 54.4 Å². The summed E-state index contributed by atoms with van der Waals surface area (Å²) in [6.07, 6.45) is 5.08. The fourth-order valence-corrected chi connectivity index (χ4v) is 9.70. The number of amides is 13. The summed E-state index contributed by atoms with van der Waals surface area (Å²) >= 11 is 0. The number of hydrogen-bond donors (Lipinski definition) is 18. The van der Waals surface area contributed by atoms with Crippen LogP contribution in [0.4, 0.5) is 0 Å². The standard InChI is InChI=1S/C59H105N13O18/c1-6-8-10-12-13-15-20-24-38(76)26-27-40-53(84)64-33-48(81)63-29-28-47(80)66-39(25-21-17-14-16-19-23-37(75)22-18-11-9-7-2)54(85)69-43(32-46(61)79)56(87)70-42(31-45(60)78)55(86)65-34(3)52(83)68-41(30-44(77)51(62)82)57(88)71-50(36(5)74)59(90)72-49(35(4)73)58(89)67-40/h34-44,49-50,73-77H,6-33H2,1-5H3,(H2,60,78)(H2,61,79)(H2,62,82)(H,63,81)(H,64,84)(H,65,86)(H,66,80)(H,67,89)(H,68,83)(H,69,85)(H,70,87)(H,71,88)(H,72,90)/t34-,35-,36-,37?,38?,39?,40?,41?,42+,43-,44?,49+,50-/m1/s1. The Balaban J connectivity index is 3.78. The number of carbonyl (C=O) groups excluding carboxylic acids is 13. The molecule has 0 spiro atoms. The van der Waals surface area contributed by atoms with Crippen molar-refractivity contribution in [2.75, 3.05) is 13.1 Å². The molecule has 1 saturated heterocycles. The Morgan fingerprint density at radius 1 is 0.433 bits per heavy atom. The van der Waals surface area contributed by atoms with Gasteiger partial charge >= 0.3 is 0 Å². The first-order chi connectivity index (χ1) is 42.5. The molecule has 31 nitrogen and oxygen atoms in total. The number of hydrogen-bond acceptors (Lipinski definition) is 18. The van der Waals surface area contributed by atoms with Crippen LogP contribution in [0.5, 0.6) is 0 Å². The molecule has 1 aliphatic rings. The number of aliphatic hydroxyl groups is 5. The third-order valence-corrected chi connectivity index (χ3v) is 15.1. The molecule has 13 atom stereocenters. The van der Waals surface area contributed by atoms with Gasteiger partial charge < -0.3 is 95.9 Å². The minimum atomic E-state index is -2.15. The van der Waals surface area contributed by atoms with Crippen molar-refractivity contribution in [3.63, 3.8) is 0 Å². The topological polar surface area (TPSA) is 521 Å². The van der Waals surface area contributed by atoms with Gasteiger partial charge in [0.15, 0.2) is 0 Å². The van der Waals surface area contributed by atoms with Gasteiger partial charge in [-0.2, -0.15) is 0 Å². The van der Waals surface area contributed by atoms with Gasteiger partial charge in [-0.25, -0.2) is 0 Å². The van der Waals surface area contributed by atoms with Gasteiger partial charge in [0.05, 0.1) is 43.8 Å². The molecule has 31 heteroatoms. The summed E-state index contributed by atoms with van der Waals surface area (Å²) in [6, 6.07) is -14.4. The summed E-state index contributed by atoms with van der Waals surface area (Å²) in [7, 11) is 0. The number of rotatable bonds is 33. The Bertz CT molecular complexity index is 2310. The van der Waals surface area contributed by atoms with Crippen molar-refractivity contribution in [1.29, 1.82) is 0 Å². The predicted octanol–water partition coefficient (Wildman–Crippen LogP) is -3.39. The molecule has 13 amide bonds. The molecular weight excluding hydrogens is 1180 g/mol. The second kappa shape index (κ2) is 45.2. The molecule has 6 unspecified atom stereocenters. The largest absolute Gasteiger partial charge is 0.393 e. The van der Waals surface area contributed by atoms with E-state index in [1.54, 1.807) is 0 Å². The lowest BCUT2D eigenvalue weighted by atomic mass is 10.0. The van der Waals surface area contributed by atoms with E-state index in [1.807, 2.05) is 0 Å². The third-order valence-electron chi connectivity index (χ3n) is 15.1. The first-order valence-corrected chi connectivity index (χ1v) is 31.7. The Kier molecular flexibility index (Phi) is 40.6. The molecule has 1 rings (SSSR count). The molecule has 1 fully saturated rings. The number of primary amides is 3. The number of aliphatic hydroxyl groups excluding tert-OH is 5. The average Bonchev–Trinajstić information content (AvgIpc) is 2.80. The normalized spacial score (nSPS) is 23.8. The molecular formula is C59H105N13O18. The summed E-state index contributed by atoms with van der Waals surface area (Å²) in [5.41, 5.74) is 16.1. The Labute approximate surface area is 526 Å². The van der Waals surface area contributed by atoms with Crippen LogP contribution in [0, 0.1) is 0 Å². The molecule has 1 heterocycles. The Morgan fingerprint density at radius 2 is 0.833 bits per heavy atom. The highest BCUT2D eigenvalue weighted by atomic mass is 16.3. The van der Waals surface area contributed by atoms with Crippen LogP contribution in [0.3, 0.4) is 0 Å². The summed E-state index contributed by atoms with van der Waals surface area (Å²) in [5.74, 6) is -14.9. The van der Waals surface area contributed by atoms with Crippen molar-refractivity contribution in [1.82, 2.24) is 53.2 Å². The van der Waals surface area contributed by atoms with E-state index in [4.69, 9.17) is 17.2 Å². The second-order valence-corrected chi connectivity index (χ2v) is 23.4. The van der Waals surface area contributed by atoms with Crippen LogP contribution < -0.4 is 70.4 Å². The molecule has 0 bridgehead atoms. The highest BCUT2D eigenvalue weighted by Gasteiger charge is 2.38. The van der Waals surface area contributed by atoms with Gasteiger partial charge in [-0.15, -0.1) is 0 Å². The maximum atomic E-state index is 14.1. The fourth-order valence-electron chi connectivity index (χ4n) is 9.70. The van der Waals surface area contributed by atoms with Crippen LogP contribution in [0.15, 0.2) is 0 Å². The van der Waals surface area contributed by atoms with Crippen molar-refractivity contribution in [2.45, 2.75) is 280 Å². The molecule has 0 aromatic carbocycles. The first-order valence-electron chi connectivity index (χ1n) is 31.7.